The van der Waals surface area contributed by atoms with Crippen LogP contribution in [0.15, 0.2) is 70.8 Å². The van der Waals surface area contributed by atoms with Gasteiger partial charge < -0.3 is 14.6 Å². The van der Waals surface area contributed by atoms with Gasteiger partial charge in [-0.2, -0.15) is 0 Å². The number of amides is 1. The average molecular weight is 470 g/mol. The van der Waals surface area contributed by atoms with Gasteiger partial charge in [-0.15, -0.1) is 16.8 Å². The highest BCUT2D eigenvalue weighted by Crippen LogP contribution is 2.28. The number of benzene rings is 2. The second-order valence-electron chi connectivity index (χ2n) is 7.31. The number of rotatable bonds is 8. The van der Waals surface area contributed by atoms with Crippen molar-refractivity contribution >= 4 is 40.6 Å². The number of thioether (sulfide) groups is 1. The molecular formula is C23H24ClN5O2S. The Balaban J connectivity index is 1.33. The second-order valence-corrected chi connectivity index (χ2v) is 8.67. The standard InChI is InChI=1S/C23H24ClN5O2S/c1-2-11-28-12-14-29(15-13-28)20-6-4-3-5-19(20)25-21(30)16-32-23-27-26-22(31-23)17-7-9-18(24)10-8-17/h2-10H,1,11-16H2,(H,25,30). The van der Waals surface area contributed by atoms with E-state index < -0.39 is 0 Å². The first-order valence-electron chi connectivity index (χ1n) is 10.3. The minimum absolute atomic E-state index is 0.126. The van der Waals surface area contributed by atoms with Gasteiger partial charge in [0.15, 0.2) is 0 Å². The molecule has 4 rings (SSSR count). The fourth-order valence-electron chi connectivity index (χ4n) is 3.50. The van der Waals surface area contributed by atoms with E-state index in [1.54, 1.807) is 12.1 Å². The molecule has 1 amide bonds. The quantitative estimate of drug-likeness (QED) is 0.386. The molecule has 0 unspecified atom stereocenters. The summed E-state index contributed by atoms with van der Waals surface area (Å²) < 4.78 is 5.66. The van der Waals surface area contributed by atoms with Crippen LogP contribution in [0.4, 0.5) is 11.4 Å². The zero-order chi connectivity index (χ0) is 22.3. The Labute approximate surface area is 196 Å². The van der Waals surface area contributed by atoms with E-state index >= 15 is 0 Å². The number of carbonyl (C=O) groups is 1. The van der Waals surface area contributed by atoms with E-state index in [0.717, 1.165) is 49.7 Å². The molecule has 1 N–H and O–H groups in total. The molecule has 9 heteroatoms. The number of nitrogens with one attached hydrogen (secondary N) is 1. The van der Waals surface area contributed by atoms with Crippen LogP contribution in [-0.4, -0.2) is 59.5 Å². The lowest BCUT2D eigenvalue weighted by atomic mass is 10.2. The monoisotopic (exact) mass is 469 g/mol. The number of hydrogen-bond donors (Lipinski definition) is 1. The smallest absolute Gasteiger partial charge is 0.277 e. The molecule has 1 aliphatic rings. The highest BCUT2D eigenvalue weighted by Gasteiger charge is 2.19. The molecule has 0 aliphatic carbocycles. The zero-order valence-corrected chi connectivity index (χ0v) is 19.1. The molecule has 1 fully saturated rings. The van der Waals surface area contributed by atoms with Crippen molar-refractivity contribution in [2.75, 3.05) is 48.7 Å². The number of piperazine rings is 1. The lowest BCUT2D eigenvalue weighted by Crippen LogP contribution is -2.46. The molecule has 3 aromatic rings. The molecule has 0 atom stereocenters. The second kappa shape index (κ2) is 10.7. The van der Waals surface area contributed by atoms with Gasteiger partial charge in [0.25, 0.3) is 5.22 Å². The van der Waals surface area contributed by atoms with Crippen LogP contribution in [0.2, 0.25) is 5.02 Å². The minimum Gasteiger partial charge on any atom is -0.411 e. The van der Waals surface area contributed by atoms with E-state index in [9.17, 15) is 4.79 Å². The van der Waals surface area contributed by atoms with E-state index in [2.05, 4.69) is 31.9 Å². The number of aromatic nitrogens is 2. The van der Waals surface area contributed by atoms with Gasteiger partial charge in [-0.05, 0) is 36.4 Å². The predicted molar refractivity (Wildman–Crippen MR) is 129 cm³/mol. The molecule has 0 saturated carbocycles. The lowest BCUT2D eigenvalue weighted by Gasteiger charge is -2.36. The fraction of sp³-hybridized carbons (Fsp3) is 0.261. The van der Waals surface area contributed by atoms with Crippen molar-refractivity contribution < 1.29 is 9.21 Å². The summed E-state index contributed by atoms with van der Waals surface area (Å²) in [7, 11) is 0. The van der Waals surface area contributed by atoms with Crippen LogP contribution < -0.4 is 10.2 Å². The number of halogens is 1. The molecular weight excluding hydrogens is 446 g/mol. The van der Waals surface area contributed by atoms with E-state index in [1.807, 2.05) is 42.5 Å². The maximum absolute atomic E-state index is 12.6. The molecule has 0 bridgehead atoms. The van der Waals surface area contributed by atoms with Gasteiger partial charge in [-0.1, -0.05) is 41.6 Å². The van der Waals surface area contributed by atoms with Crippen molar-refractivity contribution in [3.8, 4) is 11.5 Å². The summed E-state index contributed by atoms with van der Waals surface area (Å²) in [5.41, 5.74) is 2.62. The number of hydrogen-bond acceptors (Lipinski definition) is 7. The minimum atomic E-state index is -0.126. The van der Waals surface area contributed by atoms with Crippen LogP contribution in [0, 0.1) is 0 Å². The first kappa shape index (κ1) is 22.4. The normalized spacial score (nSPS) is 14.3. The highest BCUT2D eigenvalue weighted by molar-refractivity contribution is 7.99. The van der Waals surface area contributed by atoms with Gasteiger partial charge >= 0.3 is 0 Å². The predicted octanol–water partition coefficient (Wildman–Crippen LogP) is 4.43. The van der Waals surface area contributed by atoms with E-state index in [4.69, 9.17) is 16.0 Å². The summed E-state index contributed by atoms with van der Waals surface area (Å²) in [6.07, 6.45) is 1.93. The maximum atomic E-state index is 12.6. The summed E-state index contributed by atoms with van der Waals surface area (Å²) in [5, 5.41) is 12.1. The summed E-state index contributed by atoms with van der Waals surface area (Å²) >= 11 is 7.12. The van der Waals surface area contributed by atoms with Crippen LogP contribution in [0.25, 0.3) is 11.5 Å². The summed E-state index contributed by atoms with van der Waals surface area (Å²) in [6, 6.07) is 15.0. The third kappa shape index (κ3) is 5.70. The first-order valence-corrected chi connectivity index (χ1v) is 11.7. The van der Waals surface area contributed by atoms with Gasteiger partial charge in [0.05, 0.1) is 17.1 Å². The molecule has 0 radical (unpaired) electrons. The Morgan fingerprint density at radius 2 is 1.88 bits per heavy atom. The van der Waals surface area contributed by atoms with Crippen LogP contribution >= 0.6 is 23.4 Å². The Morgan fingerprint density at radius 1 is 1.12 bits per heavy atom. The summed E-state index contributed by atoms with van der Waals surface area (Å²) in [6.45, 7) is 8.47. The first-order chi connectivity index (χ1) is 15.6. The number of carbonyl (C=O) groups excluding carboxylic acids is 1. The van der Waals surface area contributed by atoms with Gasteiger partial charge in [-0.3, -0.25) is 9.69 Å². The Bertz CT molecular complexity index is 1060. The molecule has 32 heavy (non-hydrogen) atoms. The third-order valence-corrected chi connectivity index (χ3v) is 6.17. The van der Waals surface area contributed by atoms with Crippen molar-refractivity contribution in [2.45, 2.75) is 5.22 Å². The van der Waals surface area contributed by atoms with Crippen molar-refractivity contribution in [2.24, 2.45) is 0 Å². The lowest BCUT2D eigenvalue weighted by molar-refractivity contribution is -0.113. The van der Waals surface area contributed by atoms with Crippen LogP contribution in [0.5, 0.6) is 0 Å². The SMILES string of the molecule is C=CCN1CCN(c2ccccc2NC(=O)CSc2nnc(-c3ccc(Cl)cc3)o2)CC1. The molecule has 166 valence electrons. The molecule has 2 heterocycles. The van der Waals surface area contributed by atoms with Crippen LogP contribution in [0.1, 0.15) is 0 Å². The fourth-order valence-corrected chi connectivity index (χ4v) is 4.19. The van der Waals surface area contributed by atoms with Crippen LogP contribution in [-0.2, 0) is 4.79 Å². The molecule has 7 nitrogen and oxygen atoms in total. The topological polar surface area (TPSA) is 74.5 Å². The van der Waals surface area contributed by atoms with Crippen molar-refractivity contribution in [3.05, 3.63) is 66.2 Å². The van der Waals surface area contributed by atoms with E-state index in [0.29, 0.717) is 16.1 Å². The maximum Gasteiger partial charge on any atom is 0.277 e. The van der Waals surface area contributed by atoms with E-state index in [-0.39, 0.29) is 11.7 Å². The van der Waals surface area contributed by atoms with Crippen molar-refractivity contribution in [3.63, 3.8) is 0 Å². The van der Waals surface area contributed by atoms with E-state index in [1.165, 1.54) is 11.8 Å². The van der Waals surface area contributed by atoms with Crippen molar-refractivity contribution in [1.82, 2.24) is 15.1 Å². The molecule has 1 aromatic heterocycles. The number of nitrogens with zero attached hydrogens (tertiary/aromatic N) is 4. The Hall–Kier alpha value is -2.81. The van der Waals surface area contributed by atoms with Gasteiger partial charge in [-0.25, -0.2) is 0 Å². The van der Waals surface area contributed by atoms with Crippen LogP contribution in [0.3, 0.4) is 0 Å². The zero-order valence-electron chi connectivity index (χ0n) is 17.5. The number of anilines is 2. The van der Waals surface area contributed by atoms with Crippen molar-refractivity contribution in [1.29, 1.82) is 0 Å². The van der Waals surface area contributed by atoms with Gasteiger partial charge in [0.2, 0.25) is 11.8 Å². The average Bonchev–Trinajstić information content (AvgIpc) is 3.29. The third-order valence-electron chi connectivity index (χ3n) is 5.10. The van der Waals surface area contributed by atoms with Gasteiger partial charge in [0.1, 0.15) is 0 Å². The highest BCUT2D eigenvalue weighted by atomic mass is 35.5. The number of para-hydroxylation sites is 2. The van der Waals surface area contributed by atoms with Gasteiger partial charge in [0, 0.05) is 43.3 Å². The summed E-state index contributed by atoms with van der Waals surface area (Å²) in [4.78, 5) is 17.3. The molecule has 2 aromatic carbocycles. The molecule has 0 spiro atoms. The summed E-state index contributed by atoms with van der Waals surface area (Å²) in [5.74, 6) is 0.438. The molecule has 1 aliphatic heterocycles. The largest absolute Gasteiger partial charge is 0.411 e. The molecule has 1 saturated heterocycles. The Kier molecular flexibility index (Phi) is 7.47. The Morgan fingerprint density at radius 3 is 2.62 bits per heavy atom.